The fourth-order valence-electron chi connectivity index (χ4n) is 4.21. The van der Waals surface area contributed by atoms with Gasteiger partial charge in [-0.15, -0.1) is 0 Å². The number of anilines is 1. The number of hydrogen-bond acceptors (Lipinski definition) is 7. The molecule has 0 spiro atoms. The summed E-state index contributed by atoms with van der Waals surface area (Å²) in [6, 6.07) is 15.7. The third-order valence-corrected chi connectivity index (χ3v) is 6.88. The minimum absolute atomic E-state index is 0.0176. The maximum Gasteiger partial charge on any atom is 0.290 e. The lowest BCUT2D eigenvalue weighted by Gasteiger charge is -2.32. The molecule has 0 saturated carbocycles. The number of furan rings is 1. The molecule has 1 fully saturated rings. The summed E-state index contributed by atoms with van der Waals surface area (Å²) in [6.07, 6.45) is 5.04. The van der Waals surface area contributed by atoms with E-state index in [-0.39, 0.29) is 29.3 Å². The SMILES string of the molecule is CCC(C)C=O.Nc1cccc(C2CCN(CCCNC(=O)c3ccc(Oc4cc(O)cc(Cl)c4)o3)CC2)c1. The number of halogens is 1. The van der Waals surface area contributed by atoms with Crippen LogP contribution in [0, 0.1) is 5.92 Å². The second kappa shape index (κ2) is 15.2. The molecular formula is C30H38ClN3O5. The lowest BCUT2D eigenvalue weighted by molar-refractivity contribution is -0.110. The summed E-state index contributed by atoms with van der Waals surface area (Å²) in [5.41, 5.74) is 8.07. The summed E-state index contributed by atoms with van der Waals surface area (Å²) in [5, 5.41) is 12.8. The van der Waals surface area contributed by atoms with Crippen molar-refractivity contribution < 1.29 is 23.8 Å². The van der Waals surface area contributed by atoms with Crippen LogP contribution in [-0.4, -0.2) is 48.4 Å². The highest BCUT2D eigenvalue weighted by molar-refractivity contribution is 6.30. The van der Waals surface area contributed by atoms with Crippen LogP contribution >= 0.6 is 11.6 Å². The Bertz CT molecular complexity index is 1190. The molecule has 1 atom stereocenters. The number of phenolic OH excluding ortho intramolecular Hbond substituents is 1. The van der Waals surface area contributed by atoms with Crippen LogP contribution < -0.4 is 15.8 Å². The number of nitrogen functional groups attached to an aromatic ring is 1. The van der Waals surface area contributed by atoms with Crippen molar-refractivity contribution in [3.05, 3.63) is 70.9 Å². The van der Waals surface area contributed by atoms with Crippen LogP contribution in [-0.2, 0) is 4.79 Å². The molecule has 1 aliphatic heterocycles. The second-order valence-electron chi connectivity index (χ2n) is 9.78. The van der Waals surface area contributed by atoms with Crippen LogP contribution in [0.1, 0.15) is 61.6 Å². The van der Waals surface area contributed by atoms with Crippen molar-refractivity contribution >= 4 is 29.5 Å². The molecule has 4 rings (SSSR count). The molecule has 0 bridgehead atoms. The van der Waals surface area contributed by atoms with Gasteiger partial charge in [0, 0.05) is 35.3 Å². The number of amides is 1. The number of carbonyl (C=O) groups excluding carboxylic acids is 2. The Morgan fingerprint density at radius 3 is 2.64 bits per heavy atom. The summed E-state index contributed by atoms with van der Waals surface area (Å²) < 4.78 is 11.0. The first-order valence-electron chi connectivity index (χ1n) is 13.4. The van der Waals surface area contributed by atoms with Crippen molar-refractivity contribution in [1.82, 2.24) is 10.2 Å². The van der Waals surface area contributed by atoms with E-state index in [1.54, 1.807) is 18.2 Å². The summed E-state index contributed by atoms with van der Waals surface area (Å²) in [6.45, 7) is 7.50. The van der Waals surface area contributed by atoms with Crippen molar-refractivity contribution in [2.75, 3.05) is 31.9 Å². The molecule has 0 radical (unpaired) electrons. The van der Waals surface area contributed by atoms with Crippen LogP contribution in [0.5, 0.6) is 17.4 Å². The fraction of sp³-hybridized carbons (Fsp3) is 0.400. The smallest absolute Gasteiger partial charge is 0.290 e. The standard InChI is InChI=1S/C25H28ClN3O4.C5H10O/c26-19-14-21(30)16-22(15-19)32-24-6-5-23(33-24)25(31)28-9-2-10-29-11-7-17(8-12-29)18-3-1-4-20(27)13-18;1-3-5(2)4-6/h1,3-6,13-17,30H,2,7-12,27H2,(H,28,31);4-5H,3H2,1-2H3. The normalized spacial score (nSPS) is 14.6. The molecule has 3 aromatic rings. The van der Waals surface area contributed by atoms with Gasteiger partial charge in [0.25, 0.3) is 11.9 Å². The van der Waals surface area contributed by atoms with Gasteiger partial charge >= 0.3 is 0 Å². The van der Waals surface area contributed by atoms with Gasteiger partial charge in [-0.1, -0.05) is 37.6 Å². The molecule has 9 heteroatoms. The van der Waals surface area contributed by atoms with Gasteiger partial charge in [-0.25, -0.2) is 0 Å². The lowest BCUT2D eigenvalue weighted by Crippen LogP contribution is -2.35. The Hall–Kier alpha value is -3.49. The predicted molar refractivity (Wildman–Crippen MR) is 154 cm³/mol. The minimum Gasteiger partial charge on any atom is -0.508 e. The summed E-state index contributed by atoms with van der Waals surface area (Å²) >= 11 is 5.90. The largest absolute Gasteiger partial charge is 0.508 e. The molecule has 8 nitrogen and oxygen atoms in total. The quantitative estimate of drug-likeness (QED) is 0.154. The molecule has 2 aromatic carbocycles. The van der Waals surface area contributed by atoms with Crippen molar-refractivity contribution in [3.8, 4) is 17.4 Å². The molecule has 210 valence electrons. The van der Waals surface area contributed by atoms with Crippen molar-refractivity contribution in [1.29, 1.82) is 0 Å². The number of aromatic hydroxyl groups is 1. The van der Waals surface area contributed by atoms with E-state index >= 15 is 0 Å². The van der Waals surface area contributed by atoms with Crippen LogP contribution in [0.4, 0.5) is 5.69 Å². The van der Waals surface area contributed by atoms with Crippen molar-refractivity contribution in [2.45, 2.75) is 45.4 Å². The number of ether oxygens (including phenoxy) is 1. The number of likely N-dealkylation sites (tertiary alicyclic amines) is 1. The van der Waals surface area contributed by atoms with E-state index in [1.165, 1.54) is 17.7 Å². The topological polar surface area (TPSA) is 118 Å². The molecular weight excluding hydrogens is 518 g/mol. The van der Waals surface area contributed by atoms with E-state index < -0.39 is 0 Å². The van der Waals surface area contributed by atoms with Gasteiger partial charge in [-0.05, 0) is 87.1 Å². The van der Waals surface area contributed by atoms with Gasteiger partial charge in [0.1, 0.15) is 17.8 Å². The summed E-state index contributed by atoms with van der Waals surface area (Å²) in [5.74, 6) is 1.14. The Morgan fingerprint density at radius 1 is 1.23 bits per heavy atom. The average Bonchev–Trinajstić information content (AvgIpc) is 3.39. The van der Waals surface area contributed by atoms with Crippen molar-refractivity contribution in [3.63, 3.8) is 0 Å². The van der Waals surface area contributed by atoms with E-state index in [1.807, 2.05) is 26.0 Å². The highest BCUT2D eigenvalue weighted by Gasteiger charge is 2.20. The lowest BCUT2D eigenvalue weighted by atomic mass is 9.89. The summed E-state index contributed by atoms with van der Waals surface area (Å²) in [7, 11) is 0. The monoisotopic (exact) mass is 555 g/mol. The van der Waals surface area contributed by atoms with E-state index in [4.69, 9.17) is 26.5 Å². The zero-order valence-electron chi connectivity index (χ0n) is 22.6. The first-order chi connectivity index (χ1) is 18.8. The van der Waals surface area contributed by atoms with E-state index in [2.05, 4.69) is 22.3 Å². The molecule has 2 heterocycles. The number of nitrogens with zero attached hydrogens (tertiary/aromatic N) is 1. The highest BCUT2D eigenvalue weighted by Crippen LogP contribution is 2.30. The fourth-order valence-corrected chi connectivity index (χ4v) is 4.43. The van der Waals surface area contributed by atoms with Gasteiger partial charge < -0.3 is 35.0 Å². The maximum absolute atomic E-state index is 12.4. The molecule has 0 aliphatic carbocycles. The first-order valence-corrected chi connectivity index (χ1v) is 13.7. The third kappa shape index (κ3) is 9.96. The van der Waals surface area contributed by atoms with Crippen LogP contribution in [0.25, 0.3) is 0 Å². The first kappa shape index (κ1) is 30.1. The van der Waals surface area contributed by atoms with E-state index in [0.29, 0.717) is 23.2 Å². The number of nitrogens with one attached hydrogen (secondary N) is 1. The second-order valence-corrected chi connectivity index (χ2v) is 10.2. The number of piperidine rings is 1. The van der Waals surface area contributed by atoms with Gasteiger partial charge in [0.05, 0.1) is 0 Å². The highest BCUT2D eigenvalue weighted by atomic mass is 35.5. The number of carbonyl (C=O) groups is 2. The molecule has 1 saturated heterocycles. The number of hydrogen-bond donors (Lipinski definition) is 3. The maximum atomic E-state index is 12.4. The number of rotatable bonds is 10. The van der Waals surface area contributed by atoms with E-state index in [0.717, 1.165) is 57.3 Å². The molecule has 1 unspecified atom stereocenters. The van der Waals surface area contributed by atoms with Gasteiger partial charge in [-0.3, -0.25) is 4.79 Å². The molecule has 1 aliphatic rings. The van der Waals surface area contributed by atoms with E-state index in [9.17, 15) is 14.7 Å². The number of aldehydes is 1. The zero-order chi connectivity index (χ0) is 28.2. The Morgan fingerprint density at radius 2 is 2.00 bits per heavy atom. The molecule has 1 amide bonds. The van der Waals surface area contributed by atoms with Crippen LogP contribution in [0.15, 0.2) is 59.0 Å². The Kier molecular flexibility index (Phi) is 11.7. The van der Waals surface area contributed by atoms with Crippen LogP contribution in [0.3, 0.4) is 0 Å². The Balaban J connectivity index is 0.000000631. The predicted octanol–water partition coefficient (Wildman–Crippen LogP) is 6.24. The summed E-state index contributed by atoms with van der Waals surface area (Å²) in [4.78, 5) is 24.5. The van der Waals surface area contributed by atoms with Crippen LogP contribution in [0.2, 0.25) is 5.02 Å². The molecule has 1 aromatic heterocycles. The molecule has 4 N–H and O–H groups in total. The zero-order valence-corrected chi connectivity index (χ0v) is 23.3. The Labute approximate surface area is 235 Å². The third-order valence-electron chi connectivity index (χ3n) is 6.66. The van der Waals surface area contributed by atoms with Gasteiger partial charge in [0.15, 0.2) is 5.76 Å². The van der Waals surface area contributed by atoms with Gasteiger partial charge in [-0.2, -0.15) is 0 Å². The number of nitrogens with two attached hydrogens (primary N) is 1. The minimum atomic E-state index is -0.292. The molecule has 39 heavy (non-hydrogen) atoms. The van der Waals surface area contributed by atoms with Gasteiger partial charge in [0.2, 0.25) is 0 Å². The van der Waals surface area contributed by atoms with Crippen molar-refractivity contribution in [2.24, 2.45) is 5.92 Å². The number of phenols is 1. The average molecular weight is 556 g/mol. The number of benzene rings is 2.